The van der Waals surface area contributed by atoms with E-state index in [9.17, 15) is 9.18 Å². The molecular formula is C19H20ClFN2O2. The molecule has 0 fully saturated rings. The monoisotopic (exact) mass is 362 g/mol. The van der Waals surface area contributed by atoms with Crippen LogP contribution in [-0.4, -0.2) is 25.6 Å². The Labute approximate surface area is 152 Å². The van der Waals surface area contributed by atoms with E-state index in [2.05, 4.69) is 0 Å². The maximum absolute atomic E-state index is 12.7. The van der Waals surface area contributed by atoms with E-state index in [4.69, 9.17) is 10.5 Å². The molecule has 0 radical (unpaired) electrons. The van der Waals surface area contributed by atoms with Gasteiger partial charge in [-0.3, -0.25) is 4.79 Å². The zero-order valence-corrected chi connectivity index (χ0v) is 14.5. The smallest absolute Gasteiger partial charge is 0.258 e. The molecule has 1 aliphatic rings. The molecule has 2 aromatic rings. The van der Waals surface area contributed by atoms with Crippen LogP contribution in [0.3, 0.4) is 0 Å². The van der Waals surface area contributed by atoms with Crippen LogP contribution in [0.2, 0.25) is 0 Å². The molecular weight excluding hydrogens is 343 g/mol. The van der Waals surface area contributed by atoms with Crippen molar-refractivity contribution in [3.63, 3.8) is 0 Å². The molecule has 25 heavy (non-hydrogen) atoms. The molecule has 132 valence electrons. The predicted octanol–water partition coefficient (Wildman–Crippen LogP) is 3.50. The highest BCUT2D eigenvalue weighted by molar-refractivity contribution is 6.08. The van der Waals surface area contributed by atoms with Crippen molar-refractivity contribution in [2.24, 2.45) is 5.73 Å². The number of amides is 1. The van der Waals surface area contributed by atoms with E-state index in [0.29, 0.717) is 29.8 Å². The first-order valence-electron chi connectivity index (χ1n) is 7.83. The van der Waals surface area contributed by atoms with Crippen molar-refractivity contribution < 1.29 is 13.9 Å². The second-order valence-corrected chi connectivity index (χ2v) is 5.62. The van der Waals surface area contributed by atoms with Crippen molar-refractivity contribution in [3.8, 4) is 5.75 Å². The molecule has 0 saturated heterocycles. The molecule has 3 rings (SSSR count). The number of benzene rings is 2. The largest absolute Gasteiger partial charge is 0.489 e. The molecule has 0 spiro atoms. The van der Waals surface area contributed by atoms with Crippen LogP contribution in [0.1, 0.15) is 15.9 Å². The van der Waals surface area contributed by atoms with E-state index in [1.54, 1.807) is 17.0 Å². The second-order valence-electron chi connectivity index (χ2n) is 5.62. The number of para-hydroxylation sites is 1. The maximum atomic E-state index is 12.7. The molecule has 2 aromatic carbocycles. The van der Waals surface area contributed by atoms with Gasteiger partial charge in [-0.25, -0.2) is 4.39 Å². The summed E-state index contributed by atoms with van der Waals surface area (Å²) in [6.07, 6.45) is 1.22. The summed E-state index contributed by atoms with van der Waals surface area (Å²) in [6.45, 7) is 0.847. The molecule has 2 N–H and O–H groups in total. The Morgan fingerprint density at radius 2 is 2.00 bits per heavy atom. The molecule has 0 atom stereocenters. The topological polar surface area (TPSA) is 55.6 Å². The van der Waals surface area contributed by atoms with Crippen LogP contribution in [0, 0.1) is 0 Å². The van der Waals surface area contributed by atoms with Gasteiger partial charge < -0.3 is 15.4 Å². The third kappa shape index (κ3) is 4.18. The SMILES string of the molecule is Cl.NC/C(=C/F)COc1ccc2c(c1)CCN(c1ccccc1)C2=O. The van der Waals surface area contributed by atoms with Gasteiger partial charge in [0.25, 0.3) is 5.91 Å². The number of fused-ring (bicyclic) bond motifs is 1. The van der Waals surface area contributed by atoms with Gasteiger partial charge in [0, 0.05) is 29.9 Å². The van der Waals surface area contributed by atoms with Crippen LogP contribution < -0.4 is 15.4 Å². The zero-order valence-electron chi connectivity index (χ0n) is 13.7. The third-order valence-corrected chi connectivity index (χ3v) is 4.07. The number of carbonyl (C=O) groups is 1. The Bertz CT molecular complexity index is 765. The Balaban J connectivity index is 0.00000225. The number of nitrogens with two attached hydrogens (primary N) is 1. The van der Waals surface area contributed by atoms with Crippen molar-refractivity contribution in [2.75, 3.05) is 24.6 Å². The molecule has 1 heterocycles. The minimum absolute atomic E-state index is 0. The van der Waals surface area contributed by atoms with E-state index in [-0.39, 0.29) is 31.5 Å². The first-order valence-corrected chi connectivity index (χ1v) is 7.83. The van der Waals surface area contributed by atoms with Crippen LogP contribution in [0.25, 0.3) is 0 Å². The molecule has 0 saturated carbocycles. The summed E-state index contributed by atoms with van der Waals surface area (Å²) in [5.74, 6) is 0.600. The van der Waals surface area contributed by atoms with Crippen LogP contribution >= 0.6 is 12.4 Å². The Kier molecular flexibility index (Phi) is 6.56. The summed E-state index contributed by atoms with van der Waals surface area (Å²) in [7, 11) is 0. The minimum Gasteiger partial charge on any atom is -0.489 e. The van der Waals surface area contributed by atoms with Crippen LogP contribution in [0.5, 0.6) is 5.75 Å². The third-order valence-electron chi connectivity index (χ3n) is 4.07. The van der Waals surface area contributed by atoms with Crippen LogP contribution in [0.15, 0.2) is 60.4 Å². The number of ether oxygens (including phenoxy) is 1. The van der Waals surface area contributed by atoms with Crippen LogP contribution in [0.4, 0.5) is 10.1 Å². The first-order chi connectivity index (χ1) is 11.7. The molecule has 1 amide bonds. The van der Waals surface area contributed by atoms with Gasteiger partial charge in [-0.1, -0.05) is 18.2 Å². The zero-order chi connectivity index (χ0) is 16.9. The Morgan fingerprint density at radius 3 is 2.68 bits per heavy atom. The lowest BCUT2D eigenvalue weighted by Crippen LogP contribution is -2.37. The quantitative estimate of drug-likeness (QED) is 0.885. The van der Waals surface area contributed by atoms with Gasteiger partial charge in [0.15, 0.2) is 0 Å². The highest BCUT2D eigenvalue weighted by atomic mass is 35.5. The maximum Gasteiger partial charge on any atom is 0.258 e. The average Bonchev–Trinajstić information content (AvgIpc) is 2.63. The first kappa shape index (κ1) is 19.0. The van der Waals surface area contributed by atoms with Crippen molar-refractivity contribution in [1.82, 2.24) is 0 Å². The molecule has 0 aliphatic carbocycles. The fourth-order valence-corrected chi connectivity index (χ4v) is 2.72. The highest BCUT2D eigenvalue weighted by Crippen LogP contribution is 2.27. The van der Waals surface area contributed by atoms with Gasteiger partial charge in [0.1, 0.15) is 12.4 Å². The summed E-state index contributed by atoms with van der Waals surface area (Å²) in [4.78, 5) is 14.5. The van der Waals surface area contributed by atoms with E-state index < -0.39 is 0 Å². The summed E-state index contributed by atoms with van der Waals surface area (Å²) in [6, 6.07) is 15.0. The highest BCUT2D eigenvalue weighted by Gasteiger charge is 2.25. The number of carbonyl (C=O) groups excluding carboxylic acids is 1. The molecule has 0 bridgehead atoms. The summed E-state index contributed by atoms with van der Waals surface area (Å²) in [5, 5.41) is 0. The lowest BCUT2D eigenvalue weighted by Gasteiger charge is -2.29. The fraction of sp³-hybridized carbons (Fsp3) is 0.211. The normalized spacial score (nSPS) is 13.9. The summed E-state index contributed by atoms with van der Waals surface area (Å²) < 4.78 is 18.1. The average molecular weight is 363 g/mol. The minimum atomic E-state index is -0.0136. The molecule has 6 heteroatoms. The Hall–Kier alpha value is -2.37. The van der Waals surface area contributed by atoms with Gasteiger partial charge in [0.05, 0.1) is 6.33 Å². The molecule has 0 unspecified atom stereocenters. The van der Waals surface area contributed by atoms with Gasteiger partial charge in [-0.05, 0) is 42.3 Å². The van der Waals surface area contributed by atoms with Crippen molar-refractivity contribution in [3.05, 3.63) is 71.6 Å². The number of hydrogen-bond donors (Lipinski definition) is 1. The van der Waals surface area contributed by atoms with Crippen molar-refractivity contribution >= 4 is 24.0 Å². The van der Waals surface area contributed by atoms with Crippen molar-refractivity contribution in [2.45, 2.75) is 6.42 Å². The molecule has 4 nitrogen and oxygen atoms in total. The molecule has 1 aliphatic heterocycles. The Morgan fingerprint density at radius 1 is 1.24 bits per heavy atom. The predicted molar refractivity (Wildman–Crippen MR) is 99.3 cm³/mol. The van der Waals surface area contributed by atoms with Gasteiger partial charge in [0.2, 0.25) is 0 Å². The fourth-order valence-electron chi connectivity index (χ4n) is 2.72. The summed E-state index contributed by atoms with van der Waals surface area (Å²) >= 11 is 0. The number of hydrogen-bond acceptors (Lipinski definition) is 3. The standard InChI is InChI=1S/C19H19FN2O2.ClH/c20-11-14(12-21)13-24-17-6-7-18-15(10-17)8-9-22(19(18)23)16-4-2-1-3-5-16;/h1-7,10-11H,8-9,12-13,21H2;1H/b14-11-;. The van der Waals surface area contributed by atoms with E-state index in [1.165, 1.54) is 0 Å². The number of nitrogens with zero attached hydrogens (tertiary/aromatic N) is 1. The van der Waals surface area contributed by atoms with Crippen molar-refractivity contribution in [1.29, 1.82) is 0 Å². The lowest BCUT2D eigenvalue weighted by molar-refractivity contribution is 0.0980. The van der Waals surface area contributed by atoms with E-state index in [0.717, 1.165) is 17.7 Å². The van der Waals surface area contributed by atoms with E-state index in [1.807, 2.05) is 36.4 Å². The van der Waals surface area contributed by atoms with E-state index >= 15 is 0 Å². The van der Waals surface area contributed by atoms with Gasteiger partial charge >= 0.3 is 0 Å². The summed E-state index contributed by atoms with van der Waals surface area (Å²) in [5.41, 5.74) is 8.32. The number of rotatable bonds is 5. The lowest BCUT2D eigenvalue weighted by atomic mass is 9.98. The number of halogens is 2. The van der Waals surface area contributed by atoms with Crippen LogP contribution in [-0.2, 0) is 6.42 Å². The second kappa shape index (κ2) is 8.65. The molecule has 0 aromatic heterocycles. The van der Waals surface area contributed by atoms with Gasteiger partial charge in [-0.15, -0.1) is 12.4 Å². The van der Waals surface area contributed by atoms with Gasteiger partial charge in [-0.2, -0.15) is 0 Å². The number of anilines is 1.